The molecular formula is C12H19NO3S2. The van der Waals surface area contributed by atoms with Gasteiger partial charge in [0.1, 0.15) is 12.1 Å². The Morgan fingerprint density at radius 2 is 2.33 bits per heavy atom. The quantitative estimate of drug-likeness (QED) is 0.731. The van der Waals surface area contributed by atoms with Gasteiger partial charge in [-0.3, -0.25) is 4.79 Å². The molecule has 4 nitrogen and oxygen atoms in total. The number of carbonyl (C=O) groups is 1. The maximum atomic E-state index is 11.3. The van der Waals surface area contributed by atoms with Gasteiger partial charge in [-0.15, -0.1) is 11.8 Å². The van der Waals surface area contributed by atoms with Gasteiger partial charge in [-0.2, -0.15) is 0 Å². The van der Waals surface area contributed by atoms with E-state index in [0.717, 1.165) is 6.42 Å². The lowest BCUT2D eigenvalue weighted by Gasteiger charge is -2.39. The van der Waals surface area contributed by atoms with Crippen LogP contribution in [0.2, 0.25) is 0 Å². The number of fused-ring (bicyclic) bond motifs is 1. The standard InChI is InChI=1S/C12H19NO3S2/c1-5-8-6(2)10(15-7(3)14)9-11(18-8)16-12(13-9)17-4/h6,8-11H,5H2,1-4H3/t6-,8-,9-,10+,11+/m1/s1. The Morgan fingerprint density at radius 3 is 2.89 bits per heavy atom. The molecule has 0 unspecified atom stereocenters. The maximum Gasteiger partial charge on any atom is 0.302 e. The number of carbonyl (C=O) groups excluding carboxylic acids is 1. The second kappa shape index (κ2) is 5.74. The van der Waals surface area contributed by atoms with E-state index >= 15 is 0 Å². The van der Waals surface area contributed by atoms with Gasteiger partial charge in [0.2, 0.25) is 5.23 Å². The second-order valence-electron chi connectivity index (χ2n) is 4.59. The lowest BCUT2D eigenvalue weighted by atomic mass is 9.93. The third-order valence-corrected chi connectivity index (χ3v) is 5.69. The average Bonchev–Trinajstić information content (AvgIpc) is 2.75. The number of hydrogen-bond donors (Lipinski definition) is 0. The lowest BCUT2D eigenvalue weighted by molar-refractivity contribution is -0.150. The summed E-state index contributed by atoms with van der Waals surface area (Å²) in [5, 5.41) is 1.16. The number of hydrogen-bond acceptors (Lipinski definition) is 6. The first-order valence-corrected chi connectivity index (χ1v) is 8.34. The van der Waals surface area contributed by atoms with E-state index in [9.17, 15) is 4.79 Å². The second-order valence-corrected chi connectivity index (χ2v) is 6.69. The van der Waals surface area contributed by atoms with Crippen LogP contribution in [0, 0.1) is 5.92 Å². The number of thioether (sulfide) groups is 2. The molecule has 2 rings (SSSR count). The first-order valence-electron chi connectivity index (χ1n) is 6.18. The van der Waals surface area contributed by atoms with Gasteiger partial charge in [-0.1, -0.05) is 25.6 Å². The lowest BCUT2D eigenvalue weighted by Crippen LogP contribution is -2.48. The van der Waals surface area contributed by atoms with Crippen molar-refractivity contribution < 1.29 is 14.3 Å². The zero-order chi connectivity index (χ0) is 13.3. The number of esters is 1. The number of rotatable bonds is 2. The highest BCUT2D eigenvalue weighted by atomic mass is 32.2. The summed E-state index contributed by atoms with van der Waals surface area (Å²) in [5.74, 6) is 0.0684. The van der Waals surface area contributed by atoms with Crippen LogP contribution in [-0.2, 0) is 14.3 Å². The van der Waals surface area contributed by atoms with Crippen molar-refractivity contribution >= 4 is 34.7 Å². The van der Waals surface area contributed by atoms with Crippen molar-refractivity contribution in [3.05, 3.63) is 0 Å². The topological polar surface area (TPSA) is 47.9 Å². The smallest absolute Gasteiger partial charge is 0.302 e. The van der Waals surface area contributed by atoms with E-state index in [1.54, 1.807) is 0 Å². The van der Waals surface area contributed by atoms with Crippen LogP contribution in [0.25, 0.3) is 0 Å². The van der Waals surface area contributed by atoms with Crippen molar-refractivity contribution in [2.45, 2.75) is 50.0 Å². The van der Waals surface area contributed by atoms with Gasteiger partial charge in [0, 0.05) is 18.1 Å². The molecule has 2 aliphatic rings. The highest BCUT2D eigenvalue weighted by Gasteiger charge is 2.49. The summed E-state index contributed by atoms with van der Waals surface area (Å²) in [5.41, 5.74) is -0.00190. The van der Waals surface area contributed by atoms with Crippen molar-refractivity contribution in [3.63, 3.8) is 0 Å². The van der Waals surface area contributed by atoms with Gasteiger partial charge in [-0.25, -0.2) is 4.99 Å². The fourth-order valence-corrected chi connectivity index (χ4v) is 4.43. The Morgan fingerprint density at radius 1 is 1.61 bits per heavy atom. The molecule has 5 atom stereocenters. The Labute approximate surface area is 116 Å². The Bertz CT molecular complexity index is 361. The van der Waals surface area contributed by atoms with E-state index in [1.165, 1.54) is 18.7 Å². The van der Waals surface area contributed by atoms with Gasteiger partial charge in [0.05, 0.1) is 0 Å². The zero-order valence-corrected chi connectivity index (χ0v) is 12.7. The van der Waals surface area contributed by atoms with E-state index in [4.69, 9.17) is 9.47 Å². The molecule has 0 N–H and O–H groups in total. The SMILES string of the molecule is CC[C@H]1S[C@@H]2OC(SC)=N[C@@H]2[C@@H](OC(C)=O)[C@@H]1C. The number of aliphatic imine (C=N–C) groups is 1. The van der Waals surface area contributed by atoms with Gasteiger partial charge in [-0.05, 0) is 12.7 Å². The average molecular weight is 289 g/mol. The number of nitrogens with zero attached hydrogens (tertiary/aromatic N) is 1. The molecule has 2 aliphatic heterocycles. The number of ether oxygens (including phenoxy) is 2. The molecule has 0 aromatic carbocycles. The Balaban J connectivity index is 2.20. The van der Waals surface area contributed by atoms with Crippen molar-refractivity contribution in [1.82, 2.24) is 0 Å². The van der Waals surface area contributed by atoms with Crippen LogP contribution < -0.4 is 0 Å². The van der Waals surface area contributed by atoms with Gasteiger partial charge >= 0.3 is 5.97 Å². The fraction of sp³-hybridized carbons (Fsp3) is 0.833. The van der Waals surface area contributed by atoms with Crippen molar-refractivity contribution in [2.24, 2.45) is 10.9 Å². The fourth-order valence-electron chi connectivity index (χ4n) is 2.47. The van der Waals surface area contributed by atoms with Crippen LogP contribution in [0.3, 0.4) is 0 Å². The minimum atomic E-state index is -0.236. The summed E-state index contributed by atoms with van der Waals surface area (Å²) in [6, 6.07) is -0.0563. The molecule has 1 fully saturated rings. The van der Waals surface area contributed by atoms with E-state index in [-0.39, 0.29) is 23.6 Å². The summed E-state index contributed by atoms with van der Waals surface area (Å²) in [6.07, 6.45) is 2.83. The summed E-state index contributed by atoms with van der Waals surface area (Å²) in [6.45, 7) is 5.75. The molecule has 18 heavy (non-hydrogen) atoms. The van der Waals surface area contributed by atoms with Crippen LogP contribution in [0.5, 0.6) is 0 Å². The first-order chi connectivity index (χ1) is 8.56. The summed E-state index contributed by atoms with van der Waals surface area (Å²) in [7, 11) is 0. The summed E-state index contributed by atoms with van der Waals surface area (Å²) in [4.78, 5) is 15.8. The van der Waals surface area contributed by atoms with Gasteiger partial charge in [0.15, 0.2) is 5.44 Å². The third-order valence-electron chi connectivity index (χ3n) is 3.38. The summed E-state index contributed by atoms with van der Waals surface area (Å²) >= 11 is 3.32. The molecule has 0 spiro atoms. The van der Waals surface area contributed by atoms with Gasteiger partial charge in [0.25, 0.3) is 0 Å². The highest BCUT2D eigenvalue weighted by Crippen LogP contribution is 2.44. The molecule has 0 amide bonds. The molecule has 0 aliphatic carbocycles. The van der Waals surface area contributed by atoms with Crippen LogP contribution in [-0.4, -0.2) is 40.3 Å². The predicted molar refractivity (Wildman–Crippen MR) is 76.0 cm³/mol. The van der Waals surface area contributed by atoms with Crippen LogP contribution >= 0.6 is 23.5 Å². The summed E-state index contributed by atoms with van der Waals surface area (Å²) < 4.78 is 11.3. The predicted octanol–water partition coefficient (Wildman–Crippen LogP) is 2.52. The van der Waals surface area contributed by atoms with E-state index in [2.05, 4.69) is 18.8 Å². The van der Waals surface area contributed by atoms with Gasteiger partial charge < -0.3 is 9.47 Å². The molecule has 0 aromatic rings. The molecule has 0 bridgehead atoms. The molecule has 102 valence electrons. The molecule has 1 saturated heterocycles. The van der Waals surface area contributed by atoms with Crippen LogP contribution in [0.1, 0.15) is 27.2 Å². The molecule has 0 aromatic heterocycles. The third kappa shape index (κ3) is 2.64. The minimum Gasteiger partial charge on any atom is -0.460 e. The largest absolute Gasteiger partial charge is 0.460 e. The minimum absolute atomic E-state index is 0.00190. The highest BCUT2D eigenvalue weighted by molar-refractivity contribution is 8.13. The molecule has 0 radical (unpaired) electrons. The molecule has 6 heteroatoms. The van der Waals surface area contributed by atoms with Crippen molar-refractivity contribution in [1.29, 1.82) is 0 Å². The van der Waals surface area contributed by atoms with E-state index in [0.29, 0.717) is 16.4 Å². The van der Waals surface area contributed by atoms with E-state index in [1.807, 2.05) is 18.0 Å². The molecule has 0 saturated carbocycles. The molecular weight excluding hydrogens is 270 g/mol. The maximum absolute atomic E-state index is 11.3. The first kappa shape index (κ1) is 14.1. The van der Waals surface area contributed by atoms with Crippen molar-refractivity contribution in [3.8, 4) is 0 Å². The molecule has 2 heterocycles. The van der Waals surface area contributed by atoms with Crippen molar-refractivity contribution in [2.75, 3.05) is 6.26 Å². The Hall–Kier alpha value is -0.360. The van der Waals surface area contributed by atoms with E-state index < -0.39 is 0 Å². The van der Waals surface area contributed by atoms with Crippen LogP contribution in [0.15, 0.2) is 4.99 Å². The Kier molecular flexibility index (Phi) is 4.48. The zero-order valence-electron chi connectivity index (χ0n) is 11.1. The monoisotopic (exact) mass is 289 g/mol. The normalized spacial score (nSPS) is 38.7. The van der Waals surface area contributed by atoms with Crippen LogP contribution in [0.4, 0.5) is 0 Å².